The second kappa shape index (κ2) is 14.1. The molecule has 1 atom stereocenters. The van der Waals surface area contributed by atoms with Crippen molar-refractivity contribution in [1.82, 2.24) is 10.2 Å². The lowest BCUT2D eigenvalue weighted by atomic mass is 10.0. The van der Waals surface area contributed by atoms with Crippen LogP contribution >= 0.6 is 34.8 Å². The number of nitrogens with zero attached hydrogens (tertiary/aromatic N) is 2. The van der Waals surface area contributed by atoms with E-state index in [1.165, 1.54) is 41.3 Å². The Morgan fingerprint density at radius 2 is 1.55 bits per heavy atom. The first-order chi connectivity index (χ1) is 19.9. The van der Waals surface area contributed by atoms with E-state index in [1.807, 2.05) is 30.3 Å². The molecule has 0 bridgehead atoms. The molecule has 0 aromatic heterocycles. The first kappa shape index (κ1) is 32.1. The second-order valence-electron chi connectivity index (χ2n) is 10.3. The lowest BCUT2D eigenvalue weighted by molar-refractivity contribution is -0.140. The first-order valence-corrected chi connectivity index (χ1v) is 16.4. The highest BCUT2D eigenvalue weighted by molar-refractivity contribution is 7.92. The van der Waals surface area contributed by atoms with E-state index in [2.05, 4.69) is 5.32 Å². The summed E-state index contributed by atoms with van der Waals surface area (Å²) >= 11 is 18.6. The van der Waals surface area contributed by atoms with Crippen molar-refractivity contribution in [3.63, 3.8) is 0 Å². The molecular weight excluding hydrogens is 624 g/mol. The van der Waals surface area contributed by atoms with Gasteiger partial charge in [-0.1, -0.05) is 90.1 Å². The minimum atomic E-state index is -4.05. The number of nitrogens with one attached hydrogen (secondary N) is 1. The van der Waals surface area contributed by atoms with Crippen LogP contribution < -0.4 is 9.62 Å². The number of carbonyl (C=O) groups is 2. The summed E-state index contributed by atoms with van der Waals surface area (Å²) in [6.45, 7) is -0.735. The number of sulfonamides is 1. The summed E-state index contributed by atoms with van der Waals surface area (Å²) in [6.07, 6.45) is 4.80. The molecule has 3 aromatic rings. The molecule has 7 nitrogen and oxygen atoms in total. The molecule has 224 valence electrons. The van der Waals surface area contributed by atoms with Crippen LogP contribution in [0.1, 0.15) is 36.8 Å². The van der Waals surface area contributed by atoms with Gasteiger partial charge < -0.3 is 10.2 Å². The van der Waals surface area contributed by atoms with Gasteiger partial charge in [0.15, 0.2) is 0 Å². The molecule has 1 N–H and O–H groups in total. The first-order valence-electron chi connectivity index (χ1n) is 13.4. The predicted octanol–water partition coefficient (Wildman–Crippen LogP) is 6.25. The summed E-state index contributed by atoms with van der Waals surface area (Å²) in [5, 5.41) is 3.24. The zero-order valence-corrected chi connectivity index (χ0v) is 26.0. The van der Waals surface area contributed by atoms with Crippen molar-refractivity contribution in [3.05, 3.63) is 98.7 Å². The summed E-state index contributed by atoms with van der Waals surface area (Å²) in [4.78, 5) is 29.3. The van der Waals surface area contributed by atoms with Gasteiger partial charge in [0.25, 0.3) is 0 Å². The van der Waals surface area contributed by atoms with Crippen LogP contribution in [-0.2, 0) is 32.6 Å². The molecular formula is C30H31Cl3FN3O4S. The van der Waals surface area contributed by atoms with E-state index in [1.54, 1.807) is 0 Å². The molecule has 0 aliphatic heterocycles. The second-order valence-corrected chi connectivity index (χ2v) is 13.5. The summed E-state index contributed by atoms with van der Waals surface area (Å²) in [5.41, 5.74) is 1.35. The van der Waals surface area contributed by atoms with Gasteiger partial charge in [0, 0.05) is 19.0 Å². The van der Waals surface area contributed by atoms with Crippen LogP contribution in [0.2, 0.25) is 15.1 Å². The van der Waals surface area contributed by atoms with Gasteiger partial charge in [-0.15, -0.1) is 0 Å². The summed E-state index contributed by atoms with van der Waals surface area (Å²) < 4.78 is 40.5. The van der Waals surface area contributed by atoms with E-state index < -0.39 is 34.3 Å². The zero-order valence-electron chi connectivity index (χ0n) is 22.9. The van der Waals surface area contributed by atoms with Crippen molar-refractivity contribution in [2.24, 2.45) is 0 Å². The van der Waals surface area contributed by atoms with Crippen LogP contribution in [0.25, 0.3) is 0 Å². The third kappa shape index (κ3) is 8.37. The molecule has 1 aliphatic carbocycles. The molecule has 42 heavy (non-hydrogen) atoms. The van der Waals surface area contributed by atoms with Crippen LogP contribution in [0.5, 0.6) is 0 Å². The van der Waals surface area contributed by atoms with E-state index in [-0.39, 0.29) is 45.7 Å². The molecule has 0 heterocycles. The van der Waals surface area contributed by atoms with E-state index >= 15 is 0 Å². The van der Waals surface area contributed by atoms with Crippen LogP contribution in [0.4, 0.5) is 10.1 Å². The third-order valence-electron chi connectivity index (χ3n) is 7.18. The maximum Gasteiger partial charge on any atom is 0.244 e. The Morgan fingerprint density at radius 1 is 0.929 bits per heavy atom. The van der Waals surface area contributed by atoms with Gasteiger partial charge in [0.2, 0.25) is 21.8 Å². The fourth-order valence-corrected chi connectivity index (χ4v) is 6.55. The number of amides is 2. The summed E-state index contributed by atoms with van der Waals surface area (Å²) in [5.74, 6) is -1.46. The number of hydrogen-bond donors (Lipinski definition) is 1. The standard InChI is InChI=1S/C30H31Cl3FN3O4S/c1-42(40,41)37(27-17-25(32)24(31)16-26(27)33)19-29(38)36(18-21-11-13-22(34)14-12-21)28(15-20-7-3-2-4-8-20)30(39)35-23-9-5-6-10-23/h2-4,7-8,11-14,16-17,23,28H,5-6,9-10,15,18-19H2,1H3,(H,35,39)/t28-/m1/s1. The average molecular weight is 655 g/mol. The molecule has 2 amide bonds. The van der Waals surface area contributed by atoms with Gasteiger partial charge in [0.1, 0.15) is 18.4 Å². The molecule has 1 fully saturated rings. The monoisotopic (exact) mass is 653 g/mol. The smallest absolute Gasteiger partial charge is 0.244 e. The third-order valence-corrected chi connectivity index (χ3v) is 9.33. The minimum Gasteiger partial charge on any atom is -0.352 e. The van der Waals surface area contributed by atoms with Gasteiger partial charge in [-0.2, -0.15) is 0 Å². The Bertz CT molecular complexity index is 1520. The largest absolute Gasteiger partial charge is 0.352 e. The number of halogens is 4. The molecule has 3 aromatic carbocycles. The maximum absolute atomic E-state index is 14.1. The average Bonchev–Trinajstić information content (AvgIpc) is 3.45. The van der Waals surface area contributed by atoms with Crippen molar-refractivity contribution < 1.29 is 22.4 Å². The highest BCUT2D eigenvalue weighted by Gasteiger charge is 2.34. The zero-order chi connectivity index (χ0) is 30.4. The minimum absolute atomic E-state index is 0.0129. The molecule has 12 heteroatoms. The fraction of sp³-hybridized carbons (Fsp3) is 0.333. The van der Waals surface area contributed by atoms with Gasteiger partial charge >= 0.3 is 0 Å². The number of benzene rings is 3. The van der Waals surface area contributed by atoms with Crippen molar-refractivity contribution >= 4 is 62.3 Å². The topological polar surface area (TPSA) is 86.8 Å². The Hall–Kier alpha value is -2.85. The van der Waals surface area contributed by atoms with Crippen molar-refractivity contribution in [2.45, 2.75) is 50.7 Å². The number of anilines is 1. The molecule has 1 saturated carbocycles. The van der Waals surface area contributed by atoms with Crippen LogP contribution in [0, 0.1) is 5.82 Å². The lowest BCUT2D eigenvalue weighted by Gasteiger charge is -2.34. The number of rotatable bonds is 11. The summed E-state index contributed by atoms with van der Waals surface area (Å²) in [7, 11) is -4.05. The van der Waals surface area contributed by atoms with Crippen molar-refractivity contribution in [3.8, 4) is 0 Å². The Labute approximate surface area is 260 Å². The quantitative estimate of drug-likeness (QED) is 0.248. The van der Waals surface area contributed by atoms with Gasteiger partial charge in [-0.3, -0.25) is 13.9 Å². The molecule has 1 aliphatic rings. The Kier molecular flexibility index (Phi) is 10.8. The van der Waals surface area contributed by atoms with E-state index in [0.29, 0.717) is 5.56 Å². The molecule has 0 spiro atoms. The SMILES string of the molecule is CS(=O)(=O)N(CC(=O)N(Cc1ccc(F)cc1)[C@H](Cc1ccccc1)C(=O)NC1CCCC1)c1cc(Cl)c(Cl)cc1Cl. The highest BCUT2D eigenvalue weighted by atomic mass is 35.5. The van der Waals surface area contributed by atoms with Crippen LogP contribution in [0.3, 0.4) is 0 Å². The van der Waals surface area contributed by atoms with Gasteiger partial charge in [-0.05, 0) is 48.2 Å². The van der Waals surface area contributed by atoms with Crippen LogP contribution in [-0.4, -0.2) is 50.0 Å². The molecule has 0 unspecified atom stereocenters. The summed E-state index contributed by atoms with van der Waals surface area (Å²) in [6, 6.07) is 16.4. The fourth-order valence-electron chi connectivity index (χ4n) is 5.01. The van der Waals surface area contributed by atoms with Crippen LogP contribution in [0.15, 0.2) is 66.7 Å². The van der Waals surface area contributed by atoms with Crippen molar-refractivity contribution in [2.75, 3.05) is 17.1 Å². The highest BCUT2D eigenvalue weighted by Crippen LogP contribution is 2.35. The van der Waals surface area contributed by atoms with E-state index in [4.69, 9.17) is 34.8 Å². The Morgan fingerprint density at radius 3 is 2.17 bits per heavy atom. The van der Waals surface area contributed by atoms with Gasteiger partial charge in [-0.25, -0.2) is 12.8 Å². The number of carbonyl (C=O) groups excluding carboxylic acids is 2. The van der Waals surface area contributed by atoms with E-state index in [9.17, 15) is 22.4 Å². The molecule has 0 saturated heterocycles. The van der Waals surface area contributed by atoms with Crippen molar-refractivity contribution in [1.29, 1.82) is 0 Å². The lowest BCUT2D eigenvalue weighted by Crippen LogP contribution is -2.54. The number of hydrogen-bond acceptors (Lipinski definition) is 4. The Balaban J connectivity index is 1.75. The van der Waals surface area contributed by atoms with Gasteiger partial charge in [0.05, 0.1) is 27.0 Å². The predicted molar refractivity (Wildman–Crippen MR) is 165 cm³/mol. The molecule has 4 rings (SSSR count). The van der Waals surface area contributed by atoms with E-state index in [0.717, 1.165) is 41.8 Å². The normalized spacial score (nSPS) is 14.4. The maximum atomic E-state index is 14.1. The molecule has 0 radical (unpaired) electrons.